The molecule has 0 spiro atoms. The standard InChI is InChI=1S/C20H18F3N3O2/c1-12(27)26(9-8-13-10-24-16-5-3-2-4-14(13)16)11-18(28)25-17-7-6-15(21)19(22)20(17)23/h2-7,10,24H,8-9,11H2,1H3,(H,25,28). The van der Waals surface area contributed by atoms with E-state index in [-0.39, 0.29) is 19.0 Å². The van der Waals surface area contributed by atoms with Crippen molar-refractivity contribution in [3.05, 3.63) is 65.6 Å². The van der Waals surface area contributed by atoms with Gasteiger partial charge < -0.3 is 15.2 Å². The molecule has 0 aliphatic rings. The van der Waals surface area contributed by atoms with Gasteiger partial charge in [-0.3, -0.25) is 9.59 Å². The predicted molar refractivity (Wildman–Crippen MR) is 99.2 cm³/mol. The maximum absolute atomic E-state index is 13.7. The highest BCUT2D eigenvalue weighted by Gasteiger charge is 2.18. The molecular weight excluding hydrogens is 371 g/mol. The van der Waals surface area contributed by atoms with Gasteiger partial charge in [-0.1, -0.05) is 18.2 Å². The van der Waals surface area contributed by atoms with E-state index in [4.69, 9.17) is 0 Å². The summed E-state index contributed by atoms with van der Waals surface area (Å²) in [5.74, 6) is -5.54. The SMILES string of the molecule is CC(=O)N(CCc1c[nH]c2ccccc12)CC(=O)Nc1ccc(F)c(F)c1F. The van der Waals surface area contributed by atoms with Crippen LogP contribution in [0.5, 0.6) is 0 Å². The van der Waals surface area contributed by atoms with E-state index in [0.29, 0.717) is 12.5 Å². The summed E-state index contributed by atoms with van der Waals surface area (Å²) in [6.07, 6.45) is 2.36. The Hall–Kier alpha value is -3.29. The fourth-order valence-corrected chi connectivity index (χ4v) is 2.93. The fraction of sp³-hybridized carbons (Fsp3) is 0.200. The summed E-state index contributed by atoms with van der Waals surface area (Å²) in [4.78, 5) is 28.5. The van der Waals surface area contributed by atoms with E-state index in [1.54, 1.807) is 0 Å². The van der Waals surface area contributed by atoms with Crippen molar-refractivity contribution in [2.45, 2.75) is 13.3 Å². The molecule has 146 valence electrons. The average molecular weight is 389 g/mol. The third-order valence-corrected chi connectivity index (χ3v) is 4.42. The van der Waals surface area contributed by atoms with Crippen molar-refractivity contribution >= 4 is 28.4 Å². The number of aromatic nitrogens is 1. The van der Waals surface area contributed by atoms with E-state index in [1.807, 2.05) is 30.5 Å². The summed E-state index contributed by atoms with van der Waals surface area (Å²) in [5, 5.41) is 3.19. The first-order chi connectivity index (χ1) is 13.4. The minimum absolute atomic E-state index is 0.269. The van der Waals surface area contributed by atoms with E-state index in [1.165, 1.54) is 11.8 Å². The molecule has 0 fully saturated rings. The molecule has 8 heteroatoms. The van der Waals surface area contributed by atoms with E-state index >= 15 is 0 Å². The maximum Gasteiger partial charge on any atom is 0.244 e. The lowest BCUT2D eigenvalue weighted by Gasteiger charge is -2.20. The van der Waals surface area contributed by atoms with Gasteiger partial charge >= 0.3 is 0 Å². The molecule has 0 saturated carbocycles. The van der Waals surface area contributed by atoms with Gasteiger partial charge in [-0.25, -0.2) is 13.2 Å². The van der Waals surface area contributed by atoms with Crippen molar-refractivity contribution in [1.29, 1.82) is 0 Å². The number of nitrogens with zero attached hydrogens (tertiary/aromatic N) is 1. The molecule has 3 rings (SSSR count). The number of hydrogen-bond acceptors (Lipinski definition) is 2. The largest absolute Gasteiger partial charge is 0.361 e. The van der Waals surface area contributed by atoms with Gasteiger partial charge in [0.25, 0.3) is 0 Å². The van der Waals surface area contributed by atoms with Crippen molar-refractivity contribution in [2.75, 3.05) is 18.4 Å². The van der Waals surface area contributed by atoms with E-state index in [2.05, 4.69) is 10.3 Å². The molecule has 5 nitrogen and oxygen atoms in total. The number of hydrogen-bond donors (Lipinski definition) is 2. The number of aromatic amines is 1. The molecule has 28 heavy (non-hydrogen) atoms. The van der Waals surface area contributed by atoms with Crippen LogP contribution in [0.2, 0.25) is 0 Å². The first-order valence-electron chi connectivity index (χ1n) is 8.60. The molecule has 1 aromatic heterocycles. The van der Waals surface area contributed by atoms with E-state index in [0.717, 1.165) is 22.5 Å². The number of rotatable bonds is 6. The summed E-state index contributed by atoms with van der Waals surface area (Å²) < 4.78 is 39.9. The molecular formula is C20H18F3N3O2. The van der Waals surface area contributed by atoms with Crippen LogP contribution >= 0.6 is 0 Å². The Morgan fingerprint density at radius 2 is 1.82 bits per heavy atom. The molecule has 0 atom stereocenters. The molecule has 2 N–H and O–H groups in total. The molecule has 2 aromatic carbocycles. The zero-order valence-corrected chi connectivity index (χ0v) is 15.1. The summed E-state index contributed by atoms with van der Waals surface area (Å²) in [6, 6.07) is 9.35. The minimum Gasteiger partial charge on any atom is -0.361 e. The third-order valence-electron chi connectivity index (χ3n) is 4.42. The maximum atomic E-state index is 13.7. The lowest BCUT2D eigenvalue weighted by Crippen LogP contribution is -2.38. The monoisotopic (exact) mass is 389 g/mol. The lowest BCUT2D eigenvalue weighted by atomic mass is 10.1. The first-order valence-corrected chi connectivity index (χ1v) is 8.60. The number of carbonyl (C=O) groups excluding carboxylic acids is 2. The number of halogens is 3. The van der Waals surface area contributed by atoms with Crippen molar-refractivity contribution < 1.29 is 22.8 Å². The zero-order chi connectivity index (χ0) is 20.3. The van der Waals surface area contributed by atoms with Gasteiger partial charge in [0.1, 0.15) is 0 Å². The van der Waals surface area contributed by atoms with Gasteiger partial charge in [0.2, 0.25) is 11.8 Å². The summed E-state index contributed by atoms with van der Waals surface area (Å²) in [6.45, 7) is 1.25. The normalized spacial score (nSPS) is 10.9. The molecule has 0 bridgehead atoms. The van der Waals surface area contributed by atoms with E-state index in [9.17, 15) is 22.8 Å². The van der Waals surface area contributed by atoms with Gasteiger partial charge in [-0.2, -0.15) is 0 Å². The van der Waals surface area contributed by atoms with Crippen molar-refractivity contribution in [3.63, 3.8) is 0 Å². The number of fused-ring (bicyclic) bond motifs is 1. The topological polar surface area (TPSA) is 65.2 Å². The van der Waals surface area contributed by atoms with Crippen LogP contribution in [0, 0.1) is 17.5 Å². The number of H-pyrrole nitrogens is 1. The smallest absolute Gasteiger partial charge is 0.244 e. The van der Waals surface area contributed by atoms with Crippen molar-refractivity contribution in [3.8, 4) is 0 Å². The third kappa shape index (κ3) is 4.16. The van der Waals surface area contributed by atoms with E-state index < -0.39 is 29.0 Å². The number of nitrogens with one attached hydrogen (secondary N) is 2. The molecule has 0 aliphatic heterocycles. The zero-order valence-electron chi connectivity index (χ0n) is 15.1. The highest BCUT2D eigenvalue weighted by atomic mass is 19.2. The van der Waals surface area contributed by atoms with Crippen molar-refractivity contribution in [1.82, 2.24) is 9.88 Å². The fourth-order valence-electron chi connectivity index (χ4n) is 2.93. The van der Waals surface area contributed by atoms with Crippen LogP contribution < -0.4 is 5.32 Å². The van der Waals surface area contributed by atoms with Crippen LogP contribution in [0.4, 0.5) is 18.9 Å². The number of carbonyl (C=O) groups is 2. The highest BCUT2D eigenvalue weighted by molar-refractivity contribution is 5.94. The molecule has 0 radical (unpaired) electrons. The van der Waals surface area contributed by atoms with Crippen LogP contribution in [-0.2, 0) is 16.0 Å². The van der Waals surface area contributed by atoms with Gasteiger partial charge in [0, 0.05) is 30.6 Å². The molecule has 1 heterocycles. The molecule has 2 amide bonds. The number of benzene rings is 2. The molecule has 0 saturated heterocycles. The number of para-hydroxylation sites is 1. The lowest BCUT2D eigenvalue weighted by molar-refractivity contribution is -0.132. The molecule has 0 unspecified atom stereocenters. The Morgan fingerprint density at radius 3 is 2.57 bits per heavy atom. The molecule has 3 aromatic rings. The van der Waals surface area contributed by atoms with Crippen LogP contribution in [-0.4, -0.2) is 34.8 Å². The van der Waals surface area contributed by atoms with Crippen molar-refractivity contribution in [2.24, 2.45) is 0 Å². The Balaban J connectivity index is 1.65. The Morgan fingerprint density at radius 1 is 1.07 bits per heavy atom. The van der Waals surface area contributed by atoms with Gasteiger partial charge in [-0.05, 0) is 30.2 Å². The Kier molecular flexibility index (Phi) is 5.67. The highest BCUT2D eigenvalue weighted by Crippen LogP contribution is 2.20. The Labute approximate surface area is 159 Å². The summed E-state index contributed by atoms with van der Waals surface area (Å²) in [7, 11) is 0. The minimum atomic E-state index is -1.67. The second kappa shape index (κ2) is 8.16. The Bertz CT molecular complexity index is 1030. The van der Waals surface area contributed by atoms with Crippen LogP contribution in [0.1, 0.15) is 12.5 Å². The first kappa shape index (κ1) is 19.5. The summed E-state index contributed by atoms with van der Waals surface area (Å²) in [5.41, 5.74) is 1.48. The van der Waals surface area contributed by atoms with Crippen LogP contribution in [0.25, 0.3) is 10.9 Å². The quantitative estimate of drug-likeness (QED) is 0.633. The van der Waals surface area contributed by atoms with Crippen LogP contribution in [0.15, 0.2) is 42.6 Å². The summed E-state index contributed by atoms with van der Waals surface area (Å²) >= 11 is 0. The number of amides is 2. The average Bonchev–Trinajstić information content (AvgIpc) is 3.08. The predicted octanol–water partition coefficient (Wildman–Crippen LogP) is 3.61. The molecule has 0 aliphatic carbocycles. The number of anilines is 1. The second-order valence-corrected chi connectivity index (χ2v) is 6.32. The van der Waals surface area contributed by atoms with Crippen LogP contribution in [0.3, 0.4) is 0 Å². The van der Waals surface area contributed by atoms with Gasteiger partial charge in [0.05, 0.1) is 12.2 Å². The van der Waals surface area contributed by atoms with Gasteiger partial charge in [-0.15, -0.1) is 0 Å². The van der Waals surface area contributed by atoms with Gasteiger partial charge in [0.15, 0.2) is 17.5 Å². The second-order valence-electron chi connectivity index (χ2n) is 6.32.